The molecule has 3 rings (SSSR count). The zero-order valence-corrected chi connectivity index (χ0v) is 9.97. The predicted octanol–water partition coefficient (Wildman–Crippen LogP) is 2.49. The van der Waals surface area contributed by atoms with Gasteiger partial charge in [-0.3, -0.25) is 0 Å². The fourth-order valence-electron chi connectivity index (χ4n) is 3.24. The number of fused-ring (bicyclic) bond motifs is 1. The number of anilines is 1. The molecule has 1 heterocycles. The minimum atomic E-state index is 0.504. The highest BCUT2D eigenvalue weighted by atomic mass is 14.9. The van der Waals surface area contributed by atoms with Gasteiger partial charge >= 0.3 is 0 Å². The fraction of sp³-hybridized carbons (Fsp3) is 0.571. The summed E-state index contributed by atoms with van der Waals surface area (Å²) in [6.07, 6.45) is 6.29. The van der Waals surface area contributed by atoms with Crippen LogP contribution in [0.4, 0.5) is 5.69 Å². The van der Waals surface area contributed by atoms with E-state index in [0.29, 0.717) is 6.04 Å². The van der Waals surface area contributed by atoms with Crippen molar-refractivity contribution >= 4 is 5.69 Å². The van der Waals surface area contributed by atoms with Gasteiger partial charge in [-0.1, -0.05) is 6.07 Å². The molecule has 1 aromatic rings. The maximum atomic E-state index is 6.30. The van der Waals surface area contributed by atoms with Crippen LogP contribution >= 0.6 is 0 Å². The van der Waals surface area contributed by atoms with Crippen LogP contribution in [0, 0.1) is 6.92 Å². The Kier molecular flexibility index (Phi) is 2.40. The Morgan fingerprint density at radius 2 is 2.19 bits per heavy atom. The quantitative estimate of drug-likeness (QED) is 0.708. The van der Waals surface area contributed by atoms with E-state index >= 15 is 0 Å². The molecule has 1 aliphatic carbocycles. The van der Waals surface area contributed by atoms with E-state index in [1.807, 2.05) is 0 Å². The Balaban J connectivity index is 2.08. The summed E-state index contributed by atoms with van der Waals surface area (Å²) in [5.41, 5.74) is 13.1. The molecule has 0 aromatic heterocycles. The molecule has 86 valence electrons. The number of nitrogen functional groups attached to an aromatic ring is 1. The molecule has 0 amide bonds. The van der Waals surface area contributed by atoms with Crippen LogP contribution in [0.15, 0.2) is 6.07 Å². The monoisotopic (exact) mass is 216 g/mol. The Hall–Kier alpha value is -1.02. The molecule has 0 saturated carbocycles. The Labute approximate surface area is 97.2 Å². The van der Waals surface area contributed by atoms with Crippen molar-refractivity contribution in [1.82, 2.24) is 5.32 Å². The van der Waals surface area contributed by atoms with E-state index in [9.17, 15) is 0 Å². The lowest BCUT2D eigenvalue weighted by Crippen LogP contribution is -2.16. The van der Waals surface area contributed by atoms with Gasteiger partial charge in [-0.15, -0.1) is 0 Å². The molecule has 1 aromatic carbocycles. The Morgan fingerprint density at radius 1 is 1.31 bits per heavy atom. The molecule has 0 unspecified atom stereocenters. The highest BCUT2D eigenvalue weighted by Crippen LogP contribution is 2.36. The number of hydrogen-bond donors (Lipinski definition) is 2. The number of benzene rings is 1. The molecular formula is C14H20N2. The molecular weight excluding hydrogens is 196 g/mol. The van der Waals surface area contributed by atoms with Gasteiger partial charge in [-0.05, 0) is 67.8 Å². The Morgan fingerprint density at radius 3 is 2.94 bits per heavy atom. The van der Waals surface area contributed by atoms with Crippen LogP contribution in [0.3, 0.4) is 0 Å². The van der Waals surface area contributed by atoms with Crippen LogP contribution in [-0.4, -0.2) is 6.54 Å². The van der Waals surface area contributed by atoms with Crippen LogP contribution in [0.5, 0.6) is 0 Å². The first-order valence-electron chi connectivity index (χ1n) is 6.41. The average Bonchev–Trinajstić information content (AvgIpc) is 2.92. The summed E-state index contributed by atoms with van der Waals surface area (Å²) < 4.78 is 0. The third-order valence-electron chi connectivity index (χ3n) is 4.19. The van der Waals surface area contributed by atoms with Crippen molar-refractivity contribution in [1.29, 1.82) is 0 Å². The second-order valence-corrected chi connectivity index (χ2v) is 5.14. The highest BCUT2D eigenvalue weighted by molar-refractivity contribution is 5.61. The highest BCUT2D eigenvalue weighted by Gasteiger charge is 2.23. The average molecular weight is 216 g/mol. The molecule has 1 aliphatic heterocycles. The van der Waals surface area contributed by atoms with E-state index < -0.39 is 0 Å². The molecule has 0 bridgehead atoms. The lowest BCUT2D eigenvalue weighted by molar-refractivity contribution is 0.648. The molecule has 2 nitrogen and oxygen atoms in total. The summed E-state index contributed by atoms with van der Waals surface area (Å²) in [7, 11) is 0. The normalized spacial score (nSPS) is 23.7. The van der Waals surface area contributed by atoms with E-state index in [4.69, 9.17) is 5.73 Å². The van der Waals surface area contributed by atoms with Crippen molar-refractivity contribution in [2.45, 2.75) is 45.1 Å². The minimum Gasteiger partial charge on any atom is -0.398 e. The standard InChI is InChI=1S/C14H20N2/c1-9-11-5-2-4-10(11)8-12(14(9)15)13-6-3-7-16-13/h8,13,16H,2-7,15H2,1H3/t13-/m0/s1. The van der Waals surface area contributed by atoms with E-state index in [1.54, 1.807) is 5.56 Å². The minimum absolute atomic E-state index is 0.504. The summed E-state index contributed by atoms with van der Waals surface area (Å²) in [6.45, 7) is 3.33. The van der Waals surface area contributed by atoms with Crippen molar-refractivity contribution in [3.63, 3.8) is 0 Å². The summed E-state index contributed by atoms with van der Waals surface area (Å²) in [5, 5.41) is 3.55. The van der Waals surface area contributed by atoms with Crippen LogP contribution in [0.2, 0.25) is 0 Å². The summed E-state index contributed by atoms with van der Waals surface area (Å²) in [5.74, 6) is 0. The number of rotatable bonds is 1. The van der Waals surface area contributed by atoms with Gasteiger partial charge in [-0.2, -0.15) is 0 Å². The van der Waals surface area contributed by atoms with Gasteiger partial charge < -0.3 is 11.1 Å². The second-order valence-electron chi connectivity index (χ2n) is 5.14. The third kappa shape index (κ3) is 1.44. The maximum Gasteiger partial charge on any atom is 0.0395 e. The van der Waals surface area contributed by atoms with Crippen molar-refractivity contribution < 1.29 is 0 Å². The first-order valence-corrected chi connectivity index (χ1v) is 6.41. The number of aryl methyl sites for hydroxylation is 1. The molecule has 1 atom stereocenters. The fourth-order valence-corrected chi connectivity index (χ4v) is 3.24. The molecule has 2 heteroatoms. The molecule has 3 N–H and O–H groups in total. The molecule has 0 spiro atoms. The number of nitrogens with two attached hydrogens (primary N) is 1. The van der Waals surface area contributed by atoms with Gasteiger partial charge in [0.2, 0.25) is 0 Å². The van der Waals surface area contributed by atoms with Gasteiger partial charge in [0.1, 0.15) is 0 Å². The smallest absolute Gasteiger partial charge is 0.0395 e. The van der Waals surface area contributed by atoms with Gasteiger partial charge in [0.25, 0.3) is 0 Å². The van der Waals surface area contributed by atoms with E-state index in [2.05, 4.69) is 18.3 Å². The van der Waals surface area contributed by atoms with Crippen molar-refractivity contribution in [2.24, 2.45) is 0 Å². The summed E-state index contributed by atoms with van der Waals surface area (Å²) in [6, 6.07) is 2.87. The van der Waals surface area contributed by atoms with Crippen molar-refractivity contribution in [2.75, 3.05) is 12.3 Å². The van der Waals surface area contributed by atoms with E-state index in [-0.39, 0.29) is 0 Å². The van der Waals surface area contributed by atoms with Crippen molar-refractivity contribution in [3.8, 4) is 0 Å². The van der Waals surface area contributed by atoms with Crippen LogP contribution in [0.1, 0.15) is 47.6 Å². The topological polar surface area (TPSA) is 38.0 Å². The van der Waals surface area contributed by atoms with Gasteiger partial charge in [-0.25, -0.2) is 0 Å². The number of hydrogen-bond acceptors (Lipinski definition) is 2. The van der Waals surface area contributed by atoms with Crippen LogP contribution in [-0.2, 0) is 12.8 Å². The molecule has 16 heavy (non-hydrogen) atoms. The van der Waals surface area contributed by atoms with E-state index in [0.717, 1.165) is 12.2 Å². The van der Waals surface area contributed by atoms with Crippen molar-refractivity contribution in [3.05, 3.63) is 28.3 Å². The Bertz CT molecular complexity index is 417. The first-order chi connectivity index (χ1) is 7.77. The largest absolute Gasteiger partial charge is 0.398 e. The van der Waals surface area contributed by atoms with Gasteiger partial charge in [0, 0.05) is 11.7 Å². The maximum absolute atomic E-state index is 6.30. The molecule has 2 aliphatic rings. The van der Waals surface area contributed by atoms with Gasteiger partial charge in [0.05, 0.1) is 0 Å². The van der Waals surface area contributed by atoms with E-state index in [1.165, 1.54) is 48.8 Å². The predicted molar refractivity (Wildman–Crippen MR) is 67.6 cm³/mol. The molecule has 1 fully saturated rings. The lowest BCUT2D eigenvalue weighted by atomic mass is 9.93. The first kappa shape index (κ1) is 10.2. The second kappa shape index (κ2) is 3.77. The van der Waals surface area contributed by atoms with Crippen LogP contribution < -0.4 is 11.1 Å². The van der Waals surface area contributed by atoms with Crippen LogP contribution in [0.25, 0.3) is 0 Å². The van der Waals surface area contributed by atoms with Gasteiger partial charge in [0.15, 0.2) is 0 Å². The SMILES string of the molecule is Cc1c(N)c([C@@H]2CCCN2)cc2c1CCC2. The third-order valence-corrected chi connectivity index (χ3v) is 4.19. The summed E-state index contributed by atoms with van der Waals surface area (Å²) in [4.78, 5) is 0. The molecule has 1 saturated heterocycles. The number of nitrogens with one attached hydrogen (secondary N) is 1. The zero-order valence-electron chi connectivity index (χ0n) is 9.97. The summed E-state index contributed by atoms with van der Waals surface area (Å²) >= 11 is 0. The molecule has 0 radical (unpaired) electrons. The zero-order chi connectivity index (χ0) is 11.1. The lowest BCUT2D eigenvalue weighted by Gasteiger charge is -2.18.